The first-order chi connectivity index (χ1) is 16.6. The predicted molar refractivity (Wildman–Crippen MR) is 133 cm³/mol. The van der Waals surface area contributed by atoms with E-state index in [2.05, 4.69) is 38.8 Å². The van der Waals surface area contributed by atoms with Crippen LogP contribution in [0.4, 0.5) is 22.7 Å². The van der Waals surface area contributed by atoms with Crippen LogP contribution in [0.5, 0.6) is 0 Å². The zero-order valence-electron chi connectivity index (χ0n) is 19.4. The number of rotatable bonds is 6. The topological polar surface area (TPSA) is 112 Å². The number of carbonyl (C=O) groups is 1. The molecule has 1 saturated heterocycles. The number of nitrogens with one attached hydrogen (secondary N) is 3. The van der Waals surface area contributed by atoms with Gasteiger partial charge in [-0.25, -0.2) is 9.97 Å². The number of hydrogen-bond acceptors (Lipinski definition) is 8. The Balaban J connectivity index is 1.27. The fraction of sp³-hybridized carbons (Fsp3) is 0.542. The minimum atomic E-state index is -0.298. The number of fused-ring (bicyclic) bond motifs is 1. The molecule has 0 radical (unpaired) electrons. The molecule has 2 aliphatic carbocycles. The quantitative estimate of drug-likeness (QED) is 0.481. The second kappa shape index (κ2) is 8.98. The fourth-order valence-corrected chi connectivity index (χ4v) is 6.14. The summed E-state index contributed by atoms with van der Waals surface area (Å²) in [6.07, 6.45) is 10.3. The third kappa shape index (κ3) is 4.15. The molecule has 3 aromatic rings. The van der Waals surface area contributed by atoms with Gasteiger partial charge in [-0.1, -0.05) is 19.8 Å². The van der Waals surface area contributed by atoms with Crippen LogP contribution in [0.2, 0.25) is 0 Å². The van der Waals surface area contributed by atoms with Gasteiger partial charge in [-0.2, -0.15) is 10.1 Å². The molecule has 9 nitrogen and oxygen atoms in total. The van der Waals surface area contributed by atoms with E-state index in [0.29, 0.717) is 22.9 Å². The summed E-state index contributed by atoms with van der Waals surface area (Å²) in [5.41, 5.74) is 3.46. The Morgan fingerprint density at radius 1 is 1.18 bits per heavy atom. The van der Waals surface area contributed by atoms with Gasteiger partial charge in [0.15, 0.2) is 10.9 Å². The number of amides is 1. The Morgan fingerprint density at radius 2 is 2.06 bits per heavy atom. The molecule has 2 fully saturated rings. The molecule has 178 valence electrons. The van der Waals surface area contributed by atoms with Crippen LogP contribution in [-0.4, -0.2) is 43.6 Å². The van der Waals surface area contributed by atoms with Crippen molar-refractivity contribution in [3.8, 4) is 0 Å². The number of aromatic amines is 1. The van der Waals surface area contributed by atoms with Gasteiger partial charge in [-0.15, -0.1) is 11.3 Å². The molecule has 2 atom stereocenters. The maximum Gasteiger partial charge on any atom is 0.248 e. The molecule has 1 aliphatic heterocycles. The van der Waals surface area contributed by atoms with Gasteiger partial charge < -0.3 is 15.5 Å². The van der Waals surface area contributed by atoms with E-state index in [4.69, 9.17) is 9.97 Å². The standard InChI is InChI=1S/C24H30N8OS/c1-14-11-16-18(12-14)26-23(32-9-4-7-19(32)22(33)29-24-25-8-10-34-24)28-21(16)27-20-13-17(30-31-20)15-5-2-3-6-15/h8,10,13-15,19H,2-7,9,11-12H2,1H3,(H,25,29,33)(H2,26,27,28,30,31). The molecule has 2 unspecified atom stereocenters. The number of anilines is 4. The molecule has 34 heavy (non-hydrogen) atoms. The summed E-state index contributed by atoms with van der Waals surface area (Å²) in [7, 11) is 0. The number of carbonyl (C=O) groups excluding carboxylic acids is 1. The zero-order chi connectivity index (χ0) is 23.1. The van der Waals surface area contributed by atoms with Crippen LogP contribution in [0, 0.1) is 5.92 Å². The normalized spacial score (nSPS) is 22.3. The minimum absolute atomic E-state index is 0.0482. The van der Waals surface area contributed by atoms with E-state index in [1.165, 1.54) is 48.3 Å². The zero-order valence-corrected chi connectivity index (χ0v) is 20.2. The Morgan fingerprint density at radius 3 is 2.88 bits per heavy atom. The van der Waals surface area contributed by atoms with E-state index < -0.39 is 0 Å². The van der Waals surface area contributed by atoms with Crippen molar-refractivity contribution in [3.05, 3.63) is 34.6 Å². The van der Waals surface area contributed by atoms with Crippen molar-refractivity contribution >= 4 is 40.0 Å². The van der Waals surface area contributed by atoms with Gasteiger partial charge in [0.05, 0.1) is 5.69 Å². The second-order valence-corrected chi connectivity index (χ2v) is 10.7. The number of nitrogens with zero attached hydrogens (tertiary/aromatic N) is 5. The second-order valence-electron chi connectivity index (χ2n) is 9.80. The van der Waals surface area contributed by atoms with Crippen LogP contribution < -0.4 is 15.5 Å². The molecular weight excluding hydrogens is 448 g/mol. The van der Waals surface area contributed by atoms with Gasteiger partial charge in [0.1, 0.15) is 11.9 Å². The summed E-state index contributed by atoms with van der Waals surface area (Å²) in [5, 5.41) is 16.7. The lowest BCUT2D eigenvalue weighted by atomic mass is 10.0. The van der Waals surface area contributed by atoms with Crippen molar-refractivity contribution in [1.29, 1.82) is 0 Å². The molecule has 3 aliphatic rings. The molecule has 0 bridgehead atoms. The van der Waals surface area contributed by atoms with E-state index in [1.54, 1.807) is 6.20 Å². The highest BCUT2D eigenvalue weighted by Gasteiger charge is 2.35. The number of hydrogen-bond donors (Lipinski definition) is 3. The molecule has 3 N–H and O–H groups in total. The summed E-state index contributed by atoms with van der Waals surface area (Å²) in [5.74, 6) is 3.30. The number of aromatic nitrogens is 5. The first kappa shape index (κ1) is 21.5. The monoisotopic (exact) mass is 478 g/mol. The molecule has 1 amide bonds. The lowest BCUT2D eigenvalue weighted by Gasteiger charge is -2.24. The van der Waals surface area contributed by atoms with E-state index in [0.717, 1.165) is 49.6 Å². The van der Waals surface area contributed by atoms with Crippen LogP contribution in [0.15, 0.2) is 17.6 Å². The Labute approximate surface area is 202 Å². The Hall–Kier alpha value is -3.01. The minimum Gasteiger partial charge on any atom is -0.329 e. The van der Waals surface area contributed by atoms with Gasteiger partial charge in [0, 0.05) is 41.4 Å². The summed E-state index contributed by atoms with van der Waals surface area (Å²) in [6, 6.07) is 1.83. The summed E-state index contributed by atoms with van der Waals surface area (Å²) >= 11 is 1.43. The van der Waals surface area contributed by atoms with E-state index in [-0.39, 0.29) is 11.9 Å². The Bertz CT molecular complexity index is 1170. The van der Waals surface area contributed by atoms with Crippen LogP contribution in [0.25, 0.3) is 0 Å². The largest absolute Gasteiger partial charge is 0.329 e. The van der Waals surface area contributed by atoms with Gasteiger partial charge in [-0.05, 0) is 44.4 Å². The summed E-state index contributed by atoms with van der Waals surface area (Å²) in [6.45, 7) is 3.01. The smallest absolute Gasteiger partial charge is 0.248 e. The third-order valence-corrected chi connectivity index (χ3v) is 7.98. The molecule has 10 heteroatoms. The molecular formula is C24H30N8OS. The Kier molecular flexibility index (Phi) is 5.68. The predicted octanol–water partition coefficient (Wildman–Crippen LogP) is 4.40. The third-order valence-electron chi connectivity index (χ3n) is 7.29. The fourth-order valence-electron chi connectivity index (χ4n) is 5.60. The number of thiazole rings is 1. The van der Waals surface area contributed by atoms with Crippen molar-refractivity contribution < 1.29 is 4.79 Å². The van der Waals surface area contributed by atoms with Crippen molar-refractivity contribution in [2.75, 3.05) is 22.1 Å². The maximum atomic E-state index is 13.0. The van der Waals surface area contributed by atoms with E-state index in [1.807, 2.05) is 10.3 Å². The van der Waals surface area contributed by atoms with Crippen molar-refractivity contribution in [2.45, 2.75) is 70.3 Å². The lowest BCUT2D eigenvalue weighted by molar-refractivity contribution is -0.117. The highest BCUT2D eigenvalue weighted by Crippen LogP contribution is 2.36. The molecule has 0 spiro atoms. The lowest BCUT2D eigenvalue weighted by Crippen LogP contribution is -2.40. The first-order valence-corrected chi connectivity index (χ1v) is 13.2. The summed E-state index contributed by atoms with van der Waals surface area (Å²) in [4.78, 5) is 29.1. The highest BCUT2D eigenvalue weighted by atomic mass is 32.1. The first-order valence-electron chi connectivity index (χ1n) is 12.3. The van der Waals surface area contributed by atoms with Crippen molar-refractivity contribution in [3.63, 3.8) is 0 Å². The average Bonchev–Trinajstić information content (AvgIpc) is 3.64. The summed E-state index contributed by atoms with van der Waals surface area (Å²) < 4.78 is 0. The van der Waals surface area contributed by atoms with Gasteiger partial charge >= 0.3 is 0 Å². The van der Waals surface area contributed by atoms with Crippen molar-refractivity contribution in [1.82, 2.24) is 25.1 Å². The molecule has 4 heterocycles. The maximum absolute atomic E-state index is 13.0. The van der Waals surface area contributed by atoms with Crippen LogP contribution >= 0.6 is 11.3 Å². The van der Waals surface area contributed by atoms with Crippen LogP contribution in [0.3, 0.4) is 0 Å². The van der Waals surface area contributed by atoms with Crippen LogP contribution in [-0.2, 0) is 17.6 Å². The van der Waals surface area contributed by atoms with Gasteiger partial charge in [0.25, 0.3) is 0 Å². The molecule has 3 aromatic heterocycles. The van der Waals surface area contributed by atoms with Crippen molar-refractivity contribution in [2.24, 2.45) is 5.92 Å². The van der Waals surface area contributed by atoms with E-state index >= 15 is 0 Å². The molecule has 1 saturated carbocycles. The van der Waals surface area contributed by atoms with Gasteiger partial charge in [-0.3, -0.25) is 9.89 Å². The SMILES string of the molecule is CC1Cc2nc(N3CCCC3C(=O)Nc3nccs3)nc(Nc3cc(C4CCCC4)[nH]n3)c2C1. The highest BCUT2D eigenvalue weighted by molar-refractivity contribution is 7.13. The van der Waals surface area contributed by atoms with E-state index in [9.17, 15) is 4.79 Å². The van der Waals surface area contributed by atoms with Crippen LogP contribution in [0.1, 0.15) is 68.3 Å². The number of H-pyrrole nitrogens is 1. The van der Waals surface area contributed by atoms with Gasteiger partial charge in [0.2, 0.25) is 11.9 Å². The average molecular weight is 479 g/mol. The molecule has 0 aromatic carbocycles. The molecule has 6 rings (SSSR count).